The summed E-state index contributed by atoms with van der Waals surface area (Å²) in [5.41, 5.74) is 2.29. The fourth-order valence-electron chi connectivity index (χ4n) is 2.86. The molecule has 1 aromatic heterocycles. The monoisotopic (exact) mass is 532 g/mol. The van der Waals surface area contributed by atoms with Crippen LogP contribution >= 0.6 is 50.9 Å². The molecule has 31 heavy (non-hydrogen) atoms. The zero-order valence-corrected chi connectivity index (χ0v) is 19.8. The molecule has 1 heterocycles. The van der Waals surface area contributed by atoms with Gasteiger partial charge in [0.05, 0.1) is 10.8 Å². The standard InChI is InChI=1S/C22H15BrCl2N4OS/c23-14-5-9-16(10-6-14)26-20(30)13-31-22-28-27-21(18-3-1-2-4-19(18)25)29(22)17-11-7-15(24)8-12-17/h1-12H,13H2,(H,26,30). The molecule has 3 aromatic carbocycles. The van der Waals surface area contributed by atoms with Gasteiger partial charge in [0.2, 0.25) is 5.91 Å². The van der Waals surface area contributed by atoms with Crippen molar-refractivity contribution in [2.24, 2.45) is 0 Å². The van der Waals surface area contributed by atoms with Crippen molar-refractivity contribution >= 4 is 62.5 Å². The zero-order valence-electron chi connectivity index (χ0n) is 15.9. The molecule has 1 N–H and O–H groups in total. The Morgan fingerprint density at radius 1 is 0.968 bits per heavy atom. The lowest BCUT2D eigenvalue weighted by atomic mass is 10.2. The molecule has 0 bridgehead atoms. The lowest BCUT2D eigenvalue weighted by Gasteiger charge is -2.11. The molecular weight excluding hydrogens is 519 g/mol. The highest BCUT2D eigenvalue weighted by molar-refractivity contribution is 9.10. The number of thioether (sulfide) groups is 1. The topological polar surface area (TPSA) is 59.8 Å². The summed E-state index contributed by atoms with van der Waals surface area (Å²) in [6.07, 6.45) is 0. The highest BCUT2D eigenvalue weighted by atomic mass is 79.9. The number of rotatable bonds is 6. The van der Waals surface area contributed by atoms with Crippen LogP contribution < -0.4 is 5.32 Å². The van der Waals surface area contributed by atoms with Gasteiger partial charge in [0, 0.05) is 26.4 Å². The molecule has 0 unspecified atom stereocenters. The second-order valence-electron chi connectivity index (χ2n) is 6.44. The number of hydrogen-bond acceptors (Lipinski definition) is 4. The Hall–Kier alpha value is -2.32. The average molecular weight is 534 g/mol. The van der Waals surface area contributed by atoms with Gasteiger partial charge in [-0.05, 0) is 60.7 Å². The Kier molecular flexibility index (Phi) is 6.97. The second kappa shape index (κ2) is 9.87. The van der Waals surface area contributed by atoms with Crippen molar-refractivity contribution in [1.82, 2.24) is 14.8 Å². The van der Waals surface area contributed by atoms with Crippen molar-refractivity contribution in [3.8, 4) is 17.1 Å². The van der Waals surface area contributed by atoms with Gasteiger partial charge in [0.25, 0.3) is 0 Å². The molecule has 0 aliphatic heterocycles. The van der Waals surface area contributed by atoms with Gasteiger partial charge in [-0.3, -0.25) is 9.36 Å². The van der Waals surface area contributed by atoms with Crippen LogP contribution in [-0.4, -0.2) is 26.4 Å². The summed E-state index contributed by atoms with van der Waals surface area (Å²) in [6.45, 7) is 0. The number of halogens is 3. The average Bonchev–Trinajstić information content (AvgIpc) is 3.18. The molecule has 5 nitrogen and oxygen atoms in total. The number of nitrogens with zero attached hydrogens (tertiary/aromatic N) is 3. The fraction of sp³-hybridized carbons (Fsp3) is 0.0455. The Balaban J connectivity index is 1.61. The lowest BCUT2D eigenvalue weighted by Crippen LogP contribution is -2.14. The maximum atomic E-state index is 12.5. The SMILES string of the molecule is O=C(CSc1nnc(-c2ccccc2Cl)n1-c1ccc(Cl)cc1)Nc1ccc(Br)cc1. The van der Waals surface area contributed by atoms with Gasteiger partial charge in [-0.25, -0.2) is 0 Å². The summed E-state index contributed by atoms with van der Waals surface area (Å²) in [6, 6.07) is 22.2. The van der Waals surface area contributed by atoms with Gasteiger partial charge in [-0.2, -0.15) is 0 Å². The van der Waals surface area contributed by atoms with E-state index in [4.69, 9.17) is 23.2 Å². The van der Waals surface area contributed by atoms with E-state index in [9.17, 15) is 4.79 Å². The molecule has 156 valence electrons. The fourth-order valence-corrected chi connectivity index (χ4v) is 4.23. The first-order chi connectivity index (χ1) is 15.0. The number of nitrogens with one attached hydrogen (secondary N) is 1. The van der Waals surface area contributed by atoms with Crippen molar-refractivity contribution in [3.05, 3.63) is 87.3 Å². The maximum absolute atomic E-state index is 12.5. The van der Waals surface area contributed by atoms with Crippen LogP contribution in [0.4, 0.5) is 5.69 Å². The highest BCUT2D eigenvalue weighted by Gasteiger charge is 2.19. The van der Waals surface area contributed by atoms with Gasteiger partial charge in [0.1, 0.15) is 0 Å². The number of aromatic nitrogens is 3. The number of benzene rings is 3. The van der Waals surface area contributed by atoms with Gasteiger partial charge in [-0.1, -0.05) is 63.0 Å². The minimum Gasteiger partial charge on any atom is -0.325 e. The predicted molar refractivity (Wildman–Crippen MR) is 130 cm³/mol. The third-order valence-electron chi connectivity index (χ3n) is 4.29. The molecule has 9 heteroatoms. The van der Waals surface area contributed by atoms with Crippen LogP contribution in [0.3, 0.4) is 0 Å². The molecule has 1 amide bonds. The highest BCUT2D eigenvalue weighted by Crippen LogP contribution is 2.32. The Morgan fingerprint density at radius 2 is 1.68 bits per heavy atom. The first-order valence-electron chi connectivity index (χ1n) is 9.16. The van der Waals surface area contributed by atoms with Crippen LogP contribution in [0.15, 0.2) is 82.4 Å². The van der Waals surface area contributed by atoms with E-state index in [1.165, 1.54) is 11.8 Å². The van der Waals surface area contributed by atoms with E-state index in [2.05, 4.69) is 31.4 Å². The van der Waals surface area contributed by atoms with E-state index in [1.807, 2.05) is 59.2 Å². The van der Waals surface area contributed by atoms with E-state index >= 15 is 0 Å². The van der Waals surface area contributed by atoms with E-state index in [1.54, 1.807) is 18.2 Å². The molecule has 0 spiro atoms. The van der Waals surface area contributed by atoms with Gasteiger partial charge < -0.3 is 5.32 Å². The summed E-state index contributed by atoms with van der Waals surface area (Å²) >= 11 is 17.1. The Labute approximate surface area is 201 Å². The van der Waals surface area contributed by atoms with Gasteiger partial charge in [-0.15, -0.1) is 10.2 Å². The van der Waals surface area contributed by atoms with E-state index in [-0.39, 0.29) is 11.7 Å². The molecule has 4 rings (SSSR count). The van der Waals surface area contributed by atoms with Crippen LogP contribution in [0, 0.1) is 0 Å². The van der Waals surface area contributed by atoms with Crippen LogP contribution in [0.5, 0.6) is 0 Å². The molecule has 4 aromatic rings. The van der Waals surface area contributed by atoms with Crippen molar-refractivity contribution in [2.75, 3.05) is 11.1 Å². The third-order valence-corrected chi connectivity index (χ3v) is 6.33. The largest absolute Gasteiger partial charge is 0.325 e. The first kappa shape index (κ1) is 21.9. The van der Waals surface area contributed by atoms with E-state index < -0.39 is 0 Å². The minimum absolute atomic E-state index is 0.141. The zero-order chi connectivity index (χ0) is 21.8. The second-order valence-corrected chi connectivity index (χ2v) is 9.14. The van der Waals surface area contributed by atoms with E-state index in [0.29, 0.717) is 21.0 Å². The third kappa shape index (κ3) is 5.30. The molecule has 0 saturated carbocycles. The first-order valence-corrected chi connectivity index (χ1v) is 11.7. The summed E-state index contributed by atoms with van der Waals surface area (Å²) < 4.78 is 2.82. The van der Waals surface area contributed by atoms with Crippen LogP contribution in [-0.2, 0) is 4.79 Å². The van der Waals surface area contributed by atoms with Crippen LogP contribution in [0.25, 0.3) is 17.1 Å². The molecular formula is C22H15BrCl2N4OS. The van der Waals surface area contributed by atoms with Crippen molar-refractivity contribution in [2.45, 2.75) is 5.16 Å². The number of anilines is 1. The summed E-state index contributed by atoms with van der Waals surface area (Å²) in [7, 11) is 0. The molecule has 0 atom stereocenters. The smallest absolute Gasteiger partial charge is 0.234 e. The van der Waals surface area contributed by atoms with Gasteiger partial charge in [0.15, 0.2) is 11.0 Å². The molecule has 0 fully saturated rings. The van der Waals surface area contributed by atoms with Crippen LogP contribution in [0.2, 0.25) is 10.0 Å². The Bertz CT molecular complexity index is 1210. The maximum Gasteiger partial charge on any atom is 0.234 e. The Morgan fingerprint density at radius 3 is 2.39 bits per heavy atom. The normalized spacial score (nSPS) is 10.8. The van der Waals surface area contributed by atoms with Crippen molar-refractivity contribution in [3.63, 3.8) is 0 Å². The number of carbonyl (C=O) groups is 1. The minimum atomic E-state index is -0.141. The molecule has 0 saturated heterocycles. The number of carbonyl (C=O) groups excluding carboxylic acids is 1. The van der Waals surface area contributed by atoms with Gasteiger partial charge >= 0.3 is 0 Å². The summed E-state index contributed by atoms with van der Waals surface area (Å²) in [4.78, 5) is 12.5. The predicted octanol–water partition coefficient (Wildman–Crippen LogP) is 6.73. The lowest BCUT2D eigenvalue weighted by molar-refractivity contribution is -0.113. The molecule has 0 aliphatic carbocycles. The molecule has 0 radical (unpaired) electrons. The quantitative estimate of drug-likeness (QED) is 0.279. The van der Waals surface area contributed by atoms with Crippen LogP contribution in [0.1, 0.15) is 0 Å². The summed E-state index contributed by atoms with van der Waals surface area (Å²) in [5.74, 6) is 0.616. The summed E-state index contributed by atoms with van der Waals surface area (Å²) in [5, 5.41) is 13.3. The number of amides is 1. The van der Waals surface area contributed by atoms with Crippen molar-refractivity contribution < 1.29 is 4.79 Å². The molecule has 0 aliphatic rings. The van der Waals surface area contributed by atoms with E-state index in [0.717, 1.165) is 21.4 Å². The number of hydrogen-bond donors (Lipinski definition) is 1. The van der Waals surface area contributed by atoms with Crippen molar-refractivity contribution in [1.29, 1.82) is 0 Å².